The van der Waals surface area contributed by atoms with E-state index in [4.69, 9.17) is 0 Å². The number of hydrazine groups is 1. The number of imidazole rings is 1. The van der Waals surface area contributed by atoms with E-state index < -0.39 is 0 Å². The number of nitrogens with one attached hydrogen (secondary N) is 3. The molecule has 6 heteroatoms. The molecule has 1 amide bonds. The predicted octanol–water partition coefficient (Wildman–Crippen LogP) is 1.63. The Hall–Kier alpha value is -2.18. The zero-order valence-corrected chi connectivity index (χ0v) is 14.7. The summed E-state index contributed by atoms with van der Waals surface area (Å²) in [6.45, 7) is 3.56. The first-order valence-electron chi connectivity index (χ1n) is 9.09. The summed E-state index contributed by atoms with van der Waals surface area (Å²) in [5.41, 5.74) is 7.54. The largest absolute Gasteiger partial charge is 0.354 e. The Morgan fingerprint density at radius 3 is 2.96 bits per heavy atom. The van der Waals surface area contributed by atoms with Gasteiger partial charge in [0, 0.05) is 37.9 Å². The number of nitrogens with zero attached hydrogens (tertiary/aromatic N) is 2. The van der Waals surface area contributed by atoms with E-state index in [0.29, 0.717) is 12.6 Å². The van der Waals surface area contributed by atoms with Crippen molar-refractivity contribution in [3.05, 3.63) is 54.1 Å². The summed E-state index contributed by atoms with van der Waals surface area (Å²) in [5.74, 6) is 1.05. The highest BCUT2D eigenvalue weighted by molar-refractivity contribution is 5.82. The Bertz CT molecular complexity index is 669. The molecule has 25 heavy (non-hydrogen) atoms. The molecule has 1 fully saturated rings. The number of hydrogen-bond acceptors (Lipinski definition) is 4. The number of carbonyl (C=O) groups excluding carboxylic acids is 1. The monoisotopic (exact) mass is 341 g/mol. The van der Waals surface area contributed by atoms with Crippen molar-refractivity contribution in [1.82, 2.24) is 25.7 Å². The van der Waals surface area contributed by atoms with Gasteiger partial charge < -0.3 is 9.88 Å². The van der Waals surface area contributed by atoms with Gasteiger partial charge in [-0.05, 0) is 18.4 Å². The SMILES string of the molecule is CCCC1CC(C(=O)NCCc2nccn2Cc2ccccc2)NN1. The first kappa shape index (κ1) is 17.6. The van der Waals surface area contributed by atoms with Crippen LogP contribution in [-0.2, 0) is 17.8 Å². The molecule has 2 atom stereocenters. The fraction of sp³-hybridized carbons (Fsp3) is 0.474. The minimum atomic E-state index is -0.138. The van der Waals surface area contributed by atoms with Crippen molar-refractivity contribution in [2.24, 2.45) is 0 Å². The van der Waals surface area contributed by atoms with E-state index in [1.807, 2.05) is 30.6 Å². The van der Waals surface area contributed by atoms with Crippen molar-refractivity contribution in [1.29, 1.82) is 0 Å². The summed E-state index contributed by atoms with van der Waals surface area (Å²) >= 11 is 0. The molecule has 1 aromatic heterocycles. The zero-order valence-electron chi connectivity index (χ0n) is 14.7. The van der Waals surface area contributed by atoms with Gasteiger partial charge in [-0.3, -0.25) is 10.2 Å². The molecule has 1 aromatic carbocycles. The molecule has 2 heterocycles. The van der Waals surface area contributed by atoms with E-state index in [1.165, 1.54) is 5.56 Å². The van der Waals surface area contributed by atoms with Crippen LogP contribution in [0.1, 0.15) is 37.6 Å². The van der Waals surface area contributed by atoms with Crippen molar-refractivity contribution in [2.75, 3.05) is 6.54 Å². The summed E-state index contributed by atoms with van der Waals surface area (Å²) in [4.78, 5) is 16.7. The lowest BCUT2D eigenvalue weighted by Gasteiger charge is -2.11. The Kier molecular flexibility index (Phi) is 6.19. The Morgan fingerprint density at radius 2 is 2.16 bits per heavy atom. The van der Waals surface area contributed by atoms with Crippen LogP contribution in [-0.4, -0.2) is 34.1 Å². The van der Waals surface area contributed by atoms with Gasteiger partial charge in [0.15, 0.2) is 0 Å². The smallest absolute Gasteiger partial charge is 0.238 e. The maximum Gasteiger partial charge on any atom is 0.238 e. The van der Waals surface area contributed by atoms with Gasteiger partial charge in [0.25, 0.3) is 0 Å². The van der Waals surface area contributed by atoms with Gasteiger partial charge in [-0.15, -0.1) is 0 Å². The van der Waals surface area contributed by atoms with Crippen LogP contribution >= 0.6 is 0 Å². The van der Waals surface area contributed by atoms with E-state index in [1.54, 1.807) is 0 Å². The number of benzene rings is 1. The lowest BCUT2D eigenvalue weighted by Crippen LogP contribution is -2.44. The molecule has 2 unspecified atom stereocenters. The number of carbonyl (C=O) groups is 1. The minimum absolute atomic E-state index is 0.0623. The van der Waals surface area contributed by atoms with Crippen LogP contribution in [0.25, 0.3) is 0 Å². The van der Waals surface area contributed by atoms with Gasteiger partial charge >= 0.3 is 0 Å². The van der Waals surface area contributed by atoms with E-state index in [2.05, 4.69) is 44.8 Å². The fourth-order valence-electron chi connectivity index (χ4n) is 3.24. The standard InChI is InChI=1S/C19H27N5O/c1-2-6-16-13-17(23-22-16)19(25)21-10-9-18-20-11-12-24(18)14-15-7-4-3-5-8-15/h3-5,7-8,11-12,16-17,22-23H,2,6,9-10,13-14H2,1H3,(H,21,25). The number of hydrogen-bond donors (Lipinski definition) is 3. The first-order chi connectivity index (χ1) is 12.3. The maximum absolute atomic E-state index is 12.3. The van der Waals surface area contributed by atoms with Crippen LogP contribution in [0.2, 0.25) is 0 Å². The van der Waals surface area contributed by atoms with E-state index in [0.717, 1.165) is 38.1 Å². The third-order valence-corrected chi connectivity index (χ3v) is 4.58. The van der Waals surface area contributed by atoms with Crippen LogP contribution in [0.15, 0.2) is 42.7 Å². The van der Waals surface area contributed by atoms with E-state index >= 15 is 0 Å². The molecule has 0 spiro atoms. The number of amides is 1. The Morgan fingerprint density at radius 1 is 1.32 bits per heavy atom. The van der Waals surface area contributed by atoms with Crippen LogP contribution < -0.4 is 16.2 Å². The topological polar surface area (TPSA) is 71.0 Å². The lowest BCUT2D eigenvalue weighted by molar-refractivity contribution is -0.122. The highest BCUT2D eigenvalue weighted by atomic mass is 16.2. The van der Waals surface area contributed by atoms with Gasteiger partial charge in [-0.25, -0.2) is 10.4 Å². The molecule has 0 bridgehead atoms. The molecule has 3 N–H and O–H groups in total. The summed E-state index contributed by atoms with van der Waals surface area (Å²) in [6.07, 6.45) is 7.59. The van der Waals surface area contributed by atoms with Gasteiger partial charge in [-0.1, -0.05) is 43.7 Å². The summed E-state index contributed by atoms with van der Waals surface area (Å²) in [7, 11) is 0. The van der Waals surface area contributed by atoms with E-state index in [-0.39, 0.29) is 11.9 Å². The van der Waals surface area contributed by atoms with Crippen molar-refractivity contribution in [2.45, 2.75) is 51.2 Å². The van der Waals surface area contributed by atoms with Crippen molar-refractivity contribution in [3.63, 3.8) is 0 Å². The molecular weight excluding hydrogens is 314 g/mol. The average Bonchev–Trinajstić information content (AvgIpc) is 3.26. The molecule has 0 saturated carbocycles. The molecule has 0 aliphatic carbocycles. The van der Waals surface area contributed by atoms with Crippen molar-refractivity contribution >= 4 is 5.91 Å². The van der Waals surface area contributed by atoms with Gasteiger partial charge in [-0.2, -0.15) is 0 Å². The number of rotatable bonds is 8. The van der Waals surface area contributed by atoms with Crippen molar-refractivity contribution < 1.29 is 4.79 Å². The zero-order chi connectivity index (χ0) is 17.5. The third-order valence-electron chi connectivity index (χ3n) is 4.58. The van der Waals surface area contributed by atoms with E-state index in [9.17, 15) is 4.79 Å². The first-order valence-corrected chi connectivity index (χ1v) is 9.09. The average molecular weight is 341 g/mol. The van der Waals surface area contributed by atoms with Gasteiger partial charge in [0.2, 0.25) is 5.91 Å². The fourth-order valence-corrected chi connectivity index (χ4v) is 3.24. The Balaban J connectivity index is 1.45. The second kappa shape index (κ2) is 8.78. The Labute approximate surface area is 149 Å². The molecular formula is C19H27N5O. The third kappa shape index (κ3) is 4.90. The second-order valence-electron chi connectivity index (χ2n) is 6.56. The van der Waals surface area contributed by atoms with Gasteiger partial charge in [0.05, 0.1) is 0 Å². The highest BCUT2D eigenvalue weighted by Gasteiger charge is 2.28. The van der Waals surface area contributed by atoms with Crippen LogP contribution in [0, 0.1) is 0 Å². The van der Waals surface area contributed by atoms with Gasteiger partial charge in [0.1, 0.15) is 11.9 Å². The molecule has 134 valence electrons. The maximum atomic E-state index is 12.3. The normalized spacial score (nSPS) is 19.9. The molecule has 2 aromatic rings. The lowest BCUT2D eigenvalue weighted by atomic mass is 10.1. The van der Waals surface area contributed by atoms with Crippen molar-refractivity contribution in [3.8, 4) is 0 Å². The molecule has 1 saturated heterocycles. The minimum Gasteiger partial charge on any atom is -0.354 e. The summed E-state index contributed by atoms with van der Waals surface area (Å²) in [6, 6.07) is 10.6. The van der Waals surface area contributed by atoms with Crippen LogP contribution in [0.3, 0.4) is 0 Å². The predicted molar refractivity (Wildman–Crippen MR) is 97.9 cm³/mol. The molecule has 1 aliphatic rings. The molecule has 0 radical (unpaired) electrons. The highest BCUT2D eigenvalue weighted by Crippen LogP contribution is 2.10. The summed E-state index contributed by atoms with van der Waals surface area (Å²) < 4.78 is 2.13. The summed E-state index contributed by atoms with van der Waals surface area (Å²) in [5, 5.41) is 3.02. The second-order valence-corrected chi connectivity index (χ2v) is 6.56. The van der Waals surface area contributed by atoms with Crippen LogP contribution in [0.4, 0.5) is 0 Å². The van der Waals surface area contributed by atoms with Crippen LogP contribution in [0.5, 0.6) is 0 Å². The molecule has 3 rings (SSSR count). The molecule has 1 aliphatic heterocycles. The molecule has 6 nitrogen and oxygen atoms in total. The quantitative estimate of drug-likeness (QED) is 0.682. The number of aromatic nitrogens is 2.